The van der Waals surface area contributed by atoms with E-state index in [9.17, 15) is 14.7 Å². The molecule has 1 saturated heterocycles. The van der Waals surface area contributed by atoms with Gasteiger partial charge in [0.05, 0.1) is 12.7 Å². The maximum Gasteiger partial charge on any atom is 0.351 e. The molecule has 2 heterocycles. The zero-order valence-electron chi connectivity index (χ0n) is 22.6. The molecule has 2 atom stereocenters. The van der Waals surface area contributed by atoms with E-state index in [4.69, 9.17) is 4.74 Å². The van der Waals surface area contributed by atoms with Crippen LogP contribution in [0.15, 0.2) is 90.0 Å². The lowest BCUT2D eigenvalue weighted by molar-refractivity contribution is -0.116. The fourth-order valence-electron chi connectivity index (χ4n) is 3.79. The van der Waals surface area contributed by atoms with Crippen molar-refractivity contribution in [3.63, 3.8) is 0 Å². The number of hydrogen-bond acceptors (Lipinski definition) is 5. The molecule has 0 spiro atoms. The molecule has 1 fully saturated rings. The third-order valence-corrected chi connectivity index (χ3v) is 5.83. The number of aliphatic hydroxyl groups excluding tert-OH is 1. The van der Waals surface area contributed by atoms with E-state index in [0.29, 0.717) is 25.7 Å². The Kier molecular flexibility index (Phi) is 16.1. The Morgan fingerprint density at radius 1 is 0.947 bits per heavy atom. The van der Waals surface area contributed by atoms with Crippen molar-refractivity contribution in [2.45, 2.75) is 83.5 Å². The summed E-state index contributed by atoms with van der Waals surface area (Å²) < 4.78 is 7.00. The Hall–Kier alpha value is -3.29. The number of nitrogens with zero attached hydrogens (tertiary/aromatic N) is 2. The van der Waals surface area contributed by atoms with Gasteiger partial charge in [0, 0.05) is 12.6 Å². The molecule has 7 nitrogen and oxygen atoms in total. The van der Waals surface area contributed by atoms with Crippen LogP contribution in [0.3, 0.4) is 0 Å². The van der Waals surface area contributed by atoms with E-state index >= 15 is 0 Å². The Bertz CT molecular complexity index is 1050. The van der Waals surface area contributed by atoms with E-state index in [1.807, 2.05) is 12.2 Å². The monoisotopic (exact) mass is 521 g/mol. The van der Waals surface area contributed by atoms with E-state index < -0.39 is 11.9 Å². The number of hydrogen-bond donors (Lipinski definition) is 2. The van der Waals surface area contributed by atoms with Crippen molar-refractivity contribution in [3.8, 4) is 0 Å². The van der Waals surface area contributed by atoms with E-state index in [1.165, 1.54) is 4.57 Å². The van der Waals surface area contributed by atoms with Crippen LogP contribution in [0.4, 0.5) is 5.82 Å². The lowest BCUT2D eigenvalue weighted by Crippen LogP contribution is -2.28. The largest absolute Gasteiger partial charge is 0.394 e. The van der Waals surface area contributed by atoms with E-state index in [1.54, 1.807) is 12.3 Å². The Labute approximate surface area is 227 Å². The first-order valence-electron chi connectivity index (χ1n) is 13.7. The van der Waals surface area contributed by atoms with Gasteiger partial charge in [0.25, 0.3) is 0 Å². The van der Waals surface area contributed by atoms with Crippen LogP contribution < -0.4 is 11.0 Å². The van der Waals surface area contributed by atoms with Crippen LogP contribution in [-0.4, -0.2) is 33.3 Å². The SMILES string of the molecule is CCC=CCC=CCC=CCC=CCC=CCC=CCCC(=O)Nc1ccn(C2CC[C@@H](CO)O2)c(=O)n1. The van der Waals surface area contributed by atoms with Gasteiger partial charge in [-0.25, -0.2) is 4.79 Å². The summed E-state index contributed by atoms with van der Waals surface area (Å²) in [5.74, 6) is 0.0438. The quantitative estimate of drug-likeness (QED) is 0.234. The zero-order chi connectivity index (χ0) is 27.3. The molecule has 2 rings (SSSR count). The summed E-state index contributed by atoms with van der Waals surface area (Å²) in [6.45, 7) is 2.08. The van der Waals surface area contributed by atoms with Gasteiger partial charge in [0.1, 0.15) is 12.0 Å². The number of amides is 1. The second-order valence-electron chi connectivity index (χ2n) is 8.98. The average molecular weight is 522 g/mol. The topological polar surface area (TPSA) is 93.5 Å². The molecular weight excluding hydrogens is 478 g/mol. The summed E-state index contributed by atoms with van der Waals surface area (Å²) in [5, 5.41) is 11.8. The molecule has 1 amide bonds. The predicted molar refractivity (Wildman–Crippen MR) is 155 cm³/mol. The highest BCUT2D eigenvalue weighted by Gasteiger charge is 2.26. The van der Waals surface area contributed by atoms with Crippen LogP contribution in [0.2, 0.25) is 0 Å². The van der Waals surface area contributed by atoms with E-state index in [-0.39, 0.29) is 24.4 Å². The van der Waals surface area contributed by atoms with Gasteiger partial charge in [-0.1, -0.05) is 79.8 Å². The maximum absolute atomic E-state index is 12.3. The van der Waals surface area contributed by atoms with Crippen LogP contribution in [0.5, 0.6) is 0 Å². The number of carbonyl (C=O) groups excluding carboxylic acids is 1. The molecule has 1 aliphatic heterocycles. The Balaban J connectivity index is 1.53. The fourth-order valence-corrected chi connectivity index (χ4v) is 3.79. The van der Waals surface area contributed by atoms with Gasteiger partial charge in [-0.05, 0) is 63.9 Å². The Morgan fingerprint density at radius 3 is 2.00 bits per heavy atom. The molecule has 0 saturated carbocycles. The highest BCUT2D eigenvalue weighted by Crippen LogP contribution is 2.26. The molecule has 1 aliphatic rings. The molecule has 7 heteroatoms. The van der Waals surface area contributed by atoms with Crippen LogP contribution in [0, 0.1) is 0 Å². The maximum atomic E-state index is 12.3. The van der Waals surface area contributed by atoms with Gasteiger partial charge in [0.2, 0.25) is 5.91 Å². The molecule has 38 heavy (non-hydrogen) atoms. The van der Waals surface area contributed by atoms with Gasteiger partial charge < -0.3 is 15.2 Å². The molecule has 0 bridgehead atoms. The number of aromatic nitrogens is 2. The van der Waals surface area contributed by atoms with Gasteiger partial charge in [-0.15, -0.1) is 0 Å². The van der Waals surface area contributed by atoms with Gasteiger partial charge in [-0.3, -0.25) is 9.36 Å². The molecule has 0 aliphatic carbocycles. The molecule has 206 valence electrons. The molecule has 0 aromatic carbocycles. The minimum atomic E-state index is -0.483. The molecule has 1 aromatic heterocycles. The third kappa shape index (κ3) is 13.3. The number of nitrogens with one attached hydrogen (secondary N) is 1. The van der Waals surface area contributed by atoms with Gasteiger partial charge in [0.15, 0.2) is 0 Å². The molecule has 1 aromatic rings. The number of anilines is 1. The van der Waals surface area contributed by atoms with Crippen LogP contribution >= 0.6 is 0 Å². The Morgan fingerprint density at radius 2 is 1.50 bits per heavy atom. The summed E-state index contributed by atoms with van der Waals surface area (Å²) in [7, 11) is 0. The molecule has 1 unspecified atom stereocenters. The summed E-state index contributed by atoms with van der Waals surface area (Å²) in [6, 6.07) is 1.59. The third-order valence-electron chi connectivity index (χ3n) is 5.83. The number of rotatable bonds is 17. The highest BCUT2D eigenvalue weighted by molar-refractivity contribution is 5.89. The van der Waals surface area contributed by atoms with Crippen molar-refractivity contribution in [1.29, 1.82) is 0 Å². The number of allylic oxidation sites excluding steroid dienone is 12. The minimum absolute atomic E-state index is 0.0659. The minimum Gasteiger partial charge on any atom is -0.394 e. The lowest BCUT2D eigenvalue weighted by Gasteiger charge is -2.14. The molecular formula is C31H43N3O4. The first-order chi connectivity index (χ1) is 18.6. The van der Waals surface area contributed by atoms with Crippen molar-refractivity contribution in [3.05, 3.63) is 95.7 Å². The fraction of sp³-hybridized carbons (Fsp3) is 0.452. The van der Waals surface area contributed by atoms with Crippen molar-refractivity contribution in [2.75, 3.05) is 11.9 Å². The summed E-state index contributed by atoms with van der Waals surface area (Å²) in [6.07, 6.45) is 34.7. The van der Waals surface area contributed by atoms with Gasteiger partial charge >= 0.3 is 5.69 Å². The van der Waals surface area contributed by atoms with Crippen LogP contribution in [0.25, 0.3) is 0 Å². The van der Waals surface area contributed by atoms with E-state index in [0.717, 1.165) is 38.5 Å². The van der Waals surface area contributed by atoms with Crippen molar-refractivity contribution in [2.24, 2.45) is 0 Å². The predicted octanol–water partition coefficient (Wildman–Crippen LogP) is 6.33. The average Bonchev–Trinajstić information content (AvgIpc) is 3.39. The highest BCUT2D eigenvalue weighted by atomic mass is 16.5. The summed E-state index contributed by atoms with van der Waals surface area (Å²) in [4.78, 5) is 28.4. The molecule has 2 N–H and O–H groups in total. The summed E-state index contributed by atoms with van der Waals surface area (Å²) >= 11 is 0. The molecule has 0 radical (unpaired) electrons. The number of carbonyl (C=O) groups is 1. The zero-order valence-corrected chi connectivity index (χ0v) is 22.6. The van der Waals surface area contributed by atoms with Crippen LogP contribution in [-0.2, 0) is 9.53 Å². The van der Waals surface area contributed by atoms with Gasteiger partial charge in [-0.2, -0.15) is 4.98 Å². The standard InChI is InChI=1S/C31H43N3O4/c1-2-3-4-5-6-7-8-9-10-11-12-13-14-15-16-17-18-19-20-21-29(36)32-28-24-25-34(31(37)33-28)30-23-22-27(26-35)38-30/h3-4,6-7,9-10,12-13,15-16,18-19,24-25,27,30,35H,2,5,8,11,14,17,20-23,26H2,1H3,(H,32,33,36,37)/t27-,30?/m0/s1. The summed E-state index contributed by atoms with van der Waals surface area (Å²) in [5.41, 5.74) is -0.483. The smallest absolute Gasteiger partial charge is 0.351 e. The first-order valence-corrected chi connectivity index (χ1v) is 13.7. The number of aliphatic hydroxyl groups is 1. The second kappa shape index (κ2) is 19.8. The first kappa shape index (κ1) is 30.9. The van der Waals surface area contributed by atoms with E-state index in [2.05, 4.69) is 78.0 Å². The van der Waals surface area contributed by atoms with Crippen LogP contribution in [0.1, 0.15) is 77.4 Å². The number of ether oxygens (including phenoxy) is 1. The van der Waals surface area contributed by atoms with Crippen molar-refractivity contribution < 1.29 is 14.6 Å². The van der Waals surface area contributed by atoms with Crippen molar-refractivity contribution in [1.82, 2.24) is 9.55 Å². The lowest BCUT2D eigenvalue weighted by atomic mass is 10.2. The van der Waals surface area contributed by atoms with Crippen molar-refractivity contribution >= 4 is 11.7 Å². The normalized spacial score (nSPS) is 18.5. The second-order valence-corrected chi connectivity index (χ2v) is 8.98.